The molecule has 0 aromatic heterocycles. The topological polar surface area (TPSA) is 26.3 Å². The summed E-state index contributed by atoms with van der Waals surface area (Å²) in [6.07, 6.45) is 0. The number of hydrogen-bond donors (Lipinski definition) is 0. The molecule has 0 aliphatic carbocycles. The van der Waals surface area contributed by atoms with Gasteiger partial charge in [-0.2, -0.15) is 0 Å². The van der Waals surface area contributed by atoms with Crippen LogP contribution >= 0.6 is 34.8 Å². The van der Waals surface area contributed by atoms with Crippen LogP contribution < -0.4 is 4.74 Å². The molecule has 0 radical (unpaired) electrons. The molecule has 2 nitrogen and oxygen atoms in total. The van der Waals surface area contributed by atoms with Crippen molar-refractivity contribution in [2.45, 2.75) is 0 Å². The molecule has 2 aromatic carbocycles. The summed E-state index contributed by atoms with van der Waals surface area (Å²) in [6, 6.07) is 8.42. The maximum absolute atomic E-state index is 13.0. The number of halogens is 4. The van der Waals surface area contributed by atoms with E-state index in [1.807, 2.05) is 0 Å². The van der Waals surface area contributed by atoms with Gasteiger partial charge in [0.2, 0.25) is 5.78 Å². The lowest BCUT2D eigenvalue weighted by atomic mass is 10.1. The lowest BCUT2D eigenvalue weighted by Gasteiger charge is -2.07. The molecule has 0 bridgehead atoms. The van der Waals surface area contributed by atoms with E-state index in [9.17, 15) is 9.18 Å². The van der Waals surface area contributed by atoms with E-state index < -0.39 is 5.82 Å². The van der Waals surface area contributed by atoms with E-state index in [2.05, 4.69) is 0 Å². The van der Waals surface area contributed by atoms with E-state index in [1.54, 1.807) is 6.07 Å². The minimum atomic E-state index is -0.553. The SMILES string of the molecule is O=C(COc1ccc(F)c(Cl)c1)c1cc(Cl)ccc1Cl. The molecule has 0 aliphatic heterocycles. The summed E-state index contributed by atoms with van der Waals surface area (Å²) in [5, 5.41) is 0.624. The molecule has 0 N–H and O–H groups in total. The maximum atomic E-state index is 13.0. The Morgan fingerprint density at radius 3 is 2.50 bits per heavy atom. The van der Waals surface area contributed by atoms with Crippen molar-refractivity contribution in [1.82, 2.24) is 0 Å². The normalized spacial score (nSPS) is 10.4. The summed E-state index contributed by atoms with van der Waals surface area (Å²) < 4.78 is 18.2. The van der Waals surface area contributed by atoms with Gasteiger partial charge in [-0.3, -0.25) is 4.79 Å². The summed E-state index contributed by atoms with van der Waals surface area (Å²) in [5.74, 6) is -0.593. The van der Waals surface area contributed by atoms with Crippen LogP contribution in [0.4, 0.5) is 4.39 Å². The van der Waals surface area contributed by atoms with Crippen molar-refractivity contribution in [3.8, 4) is 5.75 Å². The molecule has 0 aliphatic rings. The summed E-state index contributed by atoms with van der Waals surface area (Å²) in [5.41, 5.74) is 0.271. The third-order valence-corrected chi connectivity index (χ3v) is 3.34. The van der Waals surface area contributed by atoms with Gasteiger partial charge in [0, 0.05) is 16.7 Å². The first-order valence-corrected chi connectivity index (χ1v) is 6.67. The van der Waals surface area contributed by atoms with Crippen molar-refractivity contribution >= 4 is 40.6 Å². The third-order valence-electron chi connectivity index (χ3n) is 2.49. The van der Waals surface area contributed by atoms with Crippen molar-refractivity contribution in [1.29, 1.82) is 0 Å². The highest BCUT2D eigenvalue weighted by atomic mass is 35.5. The Kier molecular flexibility index (Phi) is 4.86. The van der Waals surface area contributed by atoms with Gasteiger partial charge in [0.05, 0.1) is 10.0 Å². The van der Waals surface area contributed by atoms with Crippen molar-refractivity contribution < 1.29 is 13.9 Å². The van der Waals surface area contributed by atoms with Crippen LogP contribution in [-0.2, 0) is 0 Å². The number of benzene rings is 2. The highest BCUT2D eigenvalue weighted by Crippen LogP contribution is 2.23. The molecule has 2 rings (SSSR count). The van der Waals surface area contributed by atoms with E-state index in [0.717, 1.165) is 6.07 Å². The van der Waals surface area contributed by atoms with E-state index in [1.165, 1.54) is 24.3 Å². The molecule has 0 saturated heterocycles. The zero-order valence-electron chi connectivity index (χ0n) is 10.00. The first kappa shape index (κ1) is 15.1. The van der Waals surface area contributed by atoms with Gasteiger partial charge in [-0.1, -0.05) is 34.8 Å². The van der Waals surface area contributed by atoms with E-state index >= 15 is 0 Å². The second kappa shape index (κ2) is 6.44. The maximum Gasteiger partial charge on any atom is 0.201 e. The fraction of sp³-hybridized carbons (Fsp3) is 0.0714. The van der Waals surface area contributed by atoms with Crippen molar-refractivity contribution in [2.75, 3.05) is 6.61 Å². The van der Waals surface area contributed by atoms with Crippen LogP contribution in [0.1, 0.15) is 10.4 Å². The molecule has 104 valence electrons. The zero-order chi connectivity index (χ0) is 14.7. The van der Waals surface area contributed by atoms with E-state index in [0.29, 0.717) is 15.8 Å². The molecule has 2 aromatic rings. The molecule has 0 heterocycles. The Balaban J connectivity index is 2.08. The molecular weight excluding hydrogens is 326 g/mol. The van der Waals surface area contributed by atoms with Gasteiger partial charge in [-0.25, -0.2) is 4.39 Å². The molecule has 0 saturated carbocycles. The monoisotopic (exact) mass is 332 g/mol. The highest BCUT2D eigenvalue weighted by Gasteiger charge is 2.12. The Morgan fingerprint density at radius 1 is 1.05 bits per heavy atom. The Hall–Kier alpha value is -1.29. The number of rotatable bonds is 4. The highest BCUT2D eigenvalue weighted by molar-refractivity contribution is 6.36. The van der Waals surface area contributed by atoms with Gasteiger partial charge in [0.1, 0.15) is 11.6 Å². The molecule has 6 heteroatoms. The average molecular weight is 334 g/mol. The second-order valence-electron chi connectivity index (χ2n) is 3.91. The molecule has 20 heavy (non-hydrogen) atoms. The molecule has 0 spiro atoms. The summed E-state index contributed by atoms with van der Waals surface area (Å²) >= 11 is 17.3. The van der Waals surface area contributed by atoms with Crippen molar-refractivity contribution in [3.63, 3.8) is 0 Å². The molecule has 0 fully saturated rings. The van der Waals surface area contributed by atoms with Gasteiger partial charge >= 0.3 is 0 Å². The predicted octanol–water partition coefficient (Wildman–Crippen LogP) is 5.05. The smallest absolute Gasteiger partial charge is 0.201 e. The first-order chi connectivity index (χ1) is 9.47. The minimum Gasteiger partial charge on any atom is -0.485 e. The van der Waals surface area contributed by atoms with Gasteiger partial charge < -0.3 is 4.74 Å². The lowest BCUT2D eigenvalue weighted by molar-refractivity contribution is 0.0921. The number of carbonyl (C=O) groups excluding carboxylic acids is 1. The van der Waals surface area contributed by atoms with E-state index in [-0.39, 0.29) is 23.0 Å². The second-order valence-corrected chi connectivity index (χ2v) is 5.16. The zero-order valence-corrected chi connectivity index (χ0v) is 12.3. The minimum absolute atomic E-state index is 0.0734. The standard InChI is InChI=1S/C14H8Cl3FO2/c15-8-1-3-11(16)10(5-8)14(19)7-20-9-2-4-13(18)12(17)6-9/h1-6H,7H2. The van der Waals surface area contributed by atoms with Crippen LogP contribution in [0.15, 0.2) is 36.4 Å². The van der Waals surface area contributed by atoms with Crippen LogP contribution in [0, 0.1) is 5.82 Å². The van der Waals surface area contributed by atoms with Crippen molar-refractivity contribution in [2.24, 2.45) is 0 Å². The van der Waals surface area contributed by atoms with Crippen LogP contribution in [0.25, 0.3) is 0 Å². The quantitative estimate of drug-likeness (QED) is 0.732. The Labute approximate surface area is 130 Å². The number of hydrogen-bond acceptors (Lipinski definition) is 2. The summed E-state index contributed by atoms with van der Waals surface area (Å²) in [6.45, 7) is -0.248. The average Bonchev–Trinajstić information content (AvgIpc) is 2.42. The van der Waals surface area contributed by atoms with Crippen LogP contribution in [-0.4, -0.2) is 12.4 Å². The van der Waals surface area contributed by atoms with Gasteiger partial charge in [0.25, 0.3) is 0 Å². The number of ether oxygens (including phenoxy) is 1. The molecular formula is C14H8Cl3FO2. The lowest BCUT2D eigenvalue weighted by Crippen LogP contribution is -2.12. The largest absolute Gasteiger partial charge is 0.485 e. The number of Topliss-reactive ketones (excluding diaryl/α,β-unsaturated/α-hetero) is 1. The van der Waals surface area contributed by atoms with E-state index in [4.69, 9.17) is 39.5 Å². The molecule has 0 atom stereocenters. The Morgan fingerprint density at radius 2 is 1.80 bits per heavy atom. The van der Waals surface area contributed by atoms with Crippen molar-refractivity contribution in [3.05, 3.63) is 62.8 Å². The summed E-state index contributed by atoms with van der Waals surface area (Å²) in [7, 11) is 0. The Bertz CT molecular complexity index is 659. The number of carbonyl (C=O) groups is 1. The van der Waals surface area contributed by atoms with Gasteiger partial charge in [0.15, 0.2) is 6.61 Å². The van der Waals surface area contributed by atoms with Crippen LogP contribution in [0.3, 0.4) is 0 Å². The van der Waals surface area contributed by atoms with Gasteiger partial charge in [-0.05, 0) is 30.3 Å². The molecule has 0 amide bonds. The van der Waals surface area contributed by atoms with Crippen LogP contribution in [0.2, 0.25) is 15.1 Å². The predicted molar refractivity (Wildman–Crippen MR) is 77.7 cm³/mol. The fourth-order valence-corrected chi connectivity index (χ4v) is 2.07. The number of ketones is 1. The van der Waals surface area contributed by atoms with Crippen LogP contribution in [0.5, 0.6) is 5.75 Å². The third kappa shape index (κ3) is 3.63. The molecule has 0 unspecified atom stereocenters. The fourth-order valence-electron chi connectivity index (χ4n) is 1.50. The summed E-state index contributed by atoms with van der Waals surface area (Å²) in [4.78, 5) is 12.0. The van der Waals surface area contributed by atoms with Gasteiger partial charge in [-0.15, -0.1) is 0 Å². The first-order valence-electron chi connectivity index (χ1n) is 5.53.